The van der Waals surface area contributed by atoms with Crippen LogP contribution in [0.3, 0.4) is 0 Å². The number of aromatic amines is 1. The number of nitrogens with one attached hydrogen (secondary N) is 2. The Labute approximate surface area is 198 Å². The molecule has 168 valence electrons. The summed E-state index contributed by atoms with van der Waals surface area (Å²) in [5.74, 6) is 6.56. The number of hydrogen-bond acceptors (Lipinski definition) is 4. The zero-order valence-corrected chi connectivity index (χ0v) is 18.8. The molecule has 0 atom stereocenters. The Balaban J connectivity index is 1.27. The topological polar surface area (TPSA) is 73.9 Å². The van der Waals surface area contributed by atoms with Gasteiger partial charge in [0.2, 0.25) is 0 Å². The number of carbonyl (C=O) groups excluding carboxylic acids is 1. The molecule has 2 aliphatic rings. The number of pyridine rings is 1. The molecule has 2 aliphatic heterocycles. The van der Waals surface area contributed by atoms with Gasteiger partial charge < -0.3 is 10.2 Å². The van der Waals surface area contributed by atoms with Crippen LogP contribution in [0.1, 0.15) is 34.5 Å². The van der Waals surface area contributed by atoms with Crippen LogP contribution < -0.4 is 5.32 Å². The third-order valence-corrected chi connectivity index (χ3v) is 6.93. The number of hydrogen-bond donors (Lipinski definition) is 2. The molecule has 0 unspecified atom stereocenters. The summed E-state index contributed by atoms with van der Waals surface area (Å²) in [4.78, 5) is 19.4. The lowest BCUT2D eigenvalue weighted by Gasteiger charge is -2.52. The lowest BCUT2D eigenvalue weighted by molar-refractivity contribution is -0.00721. The van der Waals surface area contributed by atoms with Crippen molar-refractivity contribution in [3.05, 3.63) is 83.8 Å². The minimum atomic E-state index is 0.0821. The molecule has 1 spiro atoms. The Morgan fingerprint density at radius 2 is 1.94 bits per heavy atom. The third kappa shape index (κ3) is 3.74. The van der Waals surface area contributed by atoms with Crippen LogP contribution in [0.2, 0.25) is 0 Å². The van der Waals surface area contributed by atoms with Gasteiger partial charge in [0.05, 0.1) is 5.52 Å². The fourth-order valence-corrected chi connectivity index (χ4v) is 5.11. The lowest BCUT2D eigenvalue weighted by Crippen LogP contribution is -2.63. The van der Waals surface area contributed by atoms with Gasteiger partial charge in [-0.1, -0.05) is 36.3 Å². The number of rotatable bonds is 2. The number of nitrogens with zero attached hydrogens (tertiary/aromatic N) is 3. The van der Waals surface area contributed by atoms with Gasteiger partial charge in [-0.2, -0.15) is 5.10 Å². The Morgan fingerprint density at radius 1 is 1.06 bits per heavy atom. The van der Waals surface area contributed by atoms with E-state index in [0.717, 1.165) is 53.8 Å². The van der Waals surface area contributed by atoms with Gasteiger partial charge in [0.25, 0.3) is 5.91 Å². The number of benzene rings is 2. The quantitative estimate of drug-likeness (QED) is 0.458. The molecule has 0 saturated carbocycles. The second-order valence-corrected chi connectivity index (χ2v) is 9.31. The monoisotopic (exact) mass is 447 g/mol. The Hall–Kier alpha value is -3.95. The van der Waals surface area contributed by atoms with Crippen molar-refractivity contribution in [2.75, 3.05) is 26.2 Å². The maximum absolute atomic E-state index is 13.1. The van der Waals surface area contributed by atoms with Crippen molar-refractivity contribution in [2.24, 2.45) is 5.41 Å². The summed E-state index contributed by atoms with van der Waals surface area (Å²) in [6.07, 6.45) is 5.97. The molecule has 0 aliphatic carbocycles. The summed E-state index contributed by atoms with van der Waals surface area (Å²) in [7, 11) is 0. The average Bonchev–Trinajstić information content (AvgIpc) is 3.29. The smallest absolute Gasteiger partial charge is 0.253 e. The van der Waals surface area contributed by atoms with E-state index in [1.54, 1.807) is 6.20 Å². The highest BCUT2D eigenvalue weighted by molar-refractivity contribution is 5.99. The summed E-state index contributed by atoms with van der Waals surface area (Å²) in [5.41, 5.74) is 5.40. The molecule has 0 radical (unpaired) electrons. The highest BCUT2D eigenvalue weighted by Gasteiger charge is 2.45. The van der Waals surface area contributed by atoms with Crippen LogP contribution in [-0.4, -0.2) is 52.2 Å². The molecule has 6 rings (SSSR count). The van der Waals surface area contributed by atoms with E-state index < -0.39 is 0 Å². The summed E-state index contributed by atoms with van der Waals surface area (Å²) in [5, 5.41) is 11.8. The fourth-order valence-electron chi connectivity index (χ4n) is 5.11. The first-order valence-corrected chi connectivity index (χ1v) is 11.7. The predicted molar refractivity (Wildman–Crippen MR) is 132 cm³/mol. The van der Waals surface area contributed by atoms with Crippen molar-refractivity contribution in [2.45, 2.75) is 12.8 Å². The van der Waals surface area contributed by atoms with Crippen LogP contribution in [0.15, 0.2) is 67.0 Å². The minimum Gasteiger partial charge on any atom is -0.337 e. The number of likely N-dealkylation sites (tertiary alicyclic amines) is 1. The van der Waals surface area contributed by atoms with Gasteiger partial charge in [0.15, 0.2) is 0 Å². The van der Waals surface area contributed by atoms with Crippen LogP contribution in [-0.2, 0) is 0 Å². The molecule has 2 N–H and O–H groups in total. The number of carbonyl (C=O) groups is 1. The molecule has 4 heterocycles. The molecule has 2 saturated heterocycles. The lowest BCUT2D eigenvalue weighted by atomic mass is 9.74. The number of fused-ring (bicyclic) bond motifs is 1. The highest BCUT2D eigenvalue weighted by Crippen LogP contribution is 2.37. The Bertz CT molecular complexity index is 1420. The number of H-pyrrole nitrogens is 1. The normalized spacial score (nSPS) is 16.6. The molecule has 2 fully saturated rings. The van der Waals surface area contributed by atoms with Crippen molar-refractivity contribution in [3.63, 3.8) is 0 Å². The van der Waals surface area contributed by atoms with Crippen LogP contribution in [0.5, 0.6) is 0 Å². The van der Waals surface area contributed by atoms with E-state index in [9.17, 15) is 4.79 Å². The Kier molecular flexibility index (Phi) is 5.12. The van der Waals surface area contributed by atoms with Crippen molar-refractivity contribution < 1.29 is 4.79 Å². The minimum absolute atomic E-state index is 0.0821. The summed E-state index contributed by atoms with van der Waals surface area (Å²) < 4.78 is 0. The maximum atomic E-state index is 13.1. The largest absolute Gasteiger partial charge is 0.337 e. The van der Waals surface area contributed by atoms with E-state index in [-0.39, 0.29) is 11.3 Å². The third-order valence-electron chi connectivity index (χ3n) is 6.93. The van der Waals surface area contributed by atoms with Crippen LogP contribution in [0, 0.1) is 17.3 Å². The average molecular weight is 448 g/mol. The second-order valence-electron chi connectivity index (χ2n) is 9.31. The van der Waals surface area contributed by atoms with E-state index in [2.05, 4.69) is 32.3 Å². The standard InChI is InChI=1S/C28H25N5O/c34-27(33-18-28(19-33)12-4-13-30-17-28)22-8-10-26-23(15-22)25(31-32-26)9-7-21-11-14-29-16-24(21)20-5-2-1-3-6-20/h1-3,5-6,8,10-11,14-16,30H,4,12-13,17-19H2,(H,31,32). The van der Waals surface area contributed by atoms with Crippen molar-refractivity contribution in [1.82, 2.24) is 25.4 Å². The molecule has 0 bridgehead atoms. The SMILES string of the molecule is O=C(c1ccc2[nH]nc(C#Cc3ccncc3-c3ccccc3)c2c1)N1CC2(CCCNC2)C1. The van der Waals surface area contributed by atoms with Crippen molar-refractivity contribution in [1.29, 1.82) is 0 Å². The number of amides is 1. The van der Waals surface area contributed by atoms with Crippen LogP contribution in [0.25, 0.3) is 22.0 Å². The first-order chi connectivity index (χ1) is 16.7. The molecule has 6 nitrogen and oxygen atoms in total. The maximum Gasteiger partial charge on any atom is 0.253 e. The molecule has 4 aromatic rings. The summed E-state index contributed by atoms with van der Waals surface area (Å²) in [6, 6.07) is 17.7. The number of aromatic nitrogens is 3. The second kappa shape index (κ2) is 8.44. The van der Waals surface area contributed by atoms with Gasteiger partial charge in [0, 0.05) is 59.5 Å². The number of piperidine rings is 1. The van der Waals surface area contributed by atoms with Crippen LogP contribution in [0.4, 0.5) is 0 Å². The molecule has 1 amide bonds. The van der Waals surface area contributed by atoms with Gasteiger partial charge in [-0.3, -0.25) is 14.9 Å². The van der Waals surface area contributed by atoms with E-state index in [1.165, 1.54) is 12.8 Å². The van der Waals surface area contributed by atoms with Gasteiger partial charge >= 0.3 is 0 Å². The zero-order valence-electron chi connectivity index (χ0n) is 18.8. The molecule has 2 aromatic heterocycles. The first kappa shape index (κ1) is 20.6. The predicted octanol–water partition coefficient (Wildman–Crippen LogP) is 3.85. The summed E-state index contributed by atoms with van der Waals surface area (Å²) >= 11 is 0. The van der Waals surface area contributed by atoms with Crippen molar-refractivity contribution in [3.8, 4) is 23.0 Å². The molecule has 6 heteroatoms. The van der Waals surface area contributed by atoms with Gasteiger partial charge in [-0.05, 0) is 55.1 Å². The van der Waals surface area contributed by atoms with E-state index in [4.69, 9.17) is 0 Å². The van der Waals surface area contributed by atoms with E-state index in [0.29, 0.717) is 11.3 Å². The molecule has 34 heavy (non-hydrogen) atoms. The zero-order chi connectivity index (χ0) is 23.0. The highest BCUT2D eigenvalue weighted by atomic mass is 16.2. The molecular weight excluding hydrogens is 422 g/mol. The van der Waals surface area contributed by atoms with Gasteiger partial charge in [-0.25, -0.2) is 0 Å². The molecule has 2 aromatic carbocycles. The van der Waals surface area contributed by atoms with Crippen LogP contribution >= 0.6 is 0 Å². The van der Waals surface area contributed by atoms with E-state index >= 15 is 0 Å². The molecular formula is C28H25N5O. The summed E-state index contributed by atoms with van der Waals surface area (Å²) in [6.45, 7) is 3.76. The van der Waals surface area contributed by atoms with E-state index in [1.807, 2.05) is 65.7 Å². The van der Waals surface area contributed by atoms with Gasteiger partial charge in [-0.15, -0.1) is 0 Å². The fraction of sp³-hybridized carbons (Fsp3) is 0.250. The Morgan fingerprint density at radius 3 is 2.76 bits per heavy atom. The van der Waals surface area contributed by atoms with Gasteiger partial charge in [0.1, 0.15) is 5.69 Å². The van der Waals surface area contributed by atoms with Crippen molar-refractivity contribution >= 4 is 16.8 Å². The first-order valence-electron chi connectivity index (χ1n) is 11.7.